The van der Waals surface area contributed by atoms with Crippen molar-refractivity contribution >= 4 is 67.8 Å². The van der Waals surface area contributed by atoms with E-state index in [2.05, 4.69) is 203 Å². The van der Waals surface area contributed by atoms with Gasteiger partial charge in [-0.1, -0.05) is 146 Å². The van der Waals surface area contributed by atoms with Crippen LogP contribution in [0.5, 0.6) is 0 Å². The molecule has 2 aliphatic rings. The molecule has 0 N–H and O–H groups in total. The zero-order valence-electron chi connectivity index (χ0n) is 31.6. The molecule has 5 heterocycles. The molecule has 0 unspecified atom stereocenters. The van der Waals surface area contributed by atoms with E-state index >= 15 is 0 Å². The Morgan fingerprint density at radius 3 is 1.59 bits per heavy atom. The molecule has 0 radical (unpaired) electrons. The highest BCUT2D eigenvalue weighted by molar-refractivity contribution is 7.20. The molecule has 5 heteroatoms. The van der Waals surface area contributed by atoms with Crippen LogP contribution in [-0.4, -0.2) is 22.6 Å². The Morgan fingerprint density at radius 2 is 0.983 bits per heavy atom. The van der Waals surface area contributed by atoms with Crippen LogP contribution < -0.4 is 25.6 Å². The molecular weight excluding hydrogens is 721 g/mol. The third-order valence-electron chi connectivity index (χ3n) is 12.6. The molecule has 10 aromatic rings. The van der Waals surface area contributed by atoms with Crippen molar-refractivity contribution in [3.8, 4) is 5.69 Å². The Hall–Kier alpha value is -7.34. The van der Waals surface area contributed by atoms with Crippen LogP contribution in [0, 0.1) is 0 Å². The van der Waals surface area contributed by atoms with Crippen molar-refractivity contribution in [3.05, 3.63) is 241 Å². The van der Waals surface area contributed by atoms with Crippen LogP contribution in [0.25, 0.3) is 27.6 Å². The summed E-state index contributed by atoms with van der Waals surface area (Å²) in [4.78, 5) is 11.9. The van der Waals surface area contributed by atoms with Gasteiger partial charge in [-0.25, -0.2) is 0 Å². The van der Waals surface area contributed by atoms with Crippen LogP contribution in [0.15, 0.2) is 219 Å². The number of hydrogen-bond acceptors (Lipinski definition) is 3. The number of aromatic nitrogens is 3. The van der Waals surface area contributed by atoms with E-state index in [4.69, 9.17) is 4.98 Å². The van der Waals surface area contributed by atoms with Gasteiger partial charge in [-0.05, 0) is 97.6 Å². The molecule has 0 saturated heterocycles. The lowest BCUT2D eigenvalue weighted by Gasteiger charge is -2.53. The van der Waals surface area contributed by atoms with Crippen molar-refractivity contribution in [1.29, 1.82) is 0 Å². The first-order valence-corrected chi connectivity index (χ1v) is 21.9. The highest BCUT2D eigenvalue weighted by Crippen LogP contribution is 2.58. The molecule has 0 saturated carbocycles. The summed E-state index contributed by atoms with van der Waals surface area (Å²) in [5, 5.41) is 6.74. The number of benzene rings is 7. The summed E-state index contributed by atoms with van der Waals surface area (Å²) < 4.78 is 2.27. The molecule has 0 atom stereocenters. The van der Waals surface area contributed by atoms with Gasteiger partial charge in [0.05, 0.1) is 45.2 Å². The highest BCUT2D eigenvalue weighted by atomic mass is 28.3. The predicted octanol–water partition coefficient (Wildman–Crippen LogP) is 9.43. The quantitative estimate of drug-likeness (QED) is 0.168. The van der Waals surface area contributed by atoms with Crippen molar-refractivity contribution in [1.82, 2.24) is 14.5 Å². The van der Waals surface area contributed by atoms with Crippen molar-refractivity contribution in [2.75, 3.05) is 4.90 Å². The van der Waals surface area contributed by atoms with Gasteiger partial charge in [0.15, 0.2) is 8.07 Å². The van der Waals surface area contributed by atoms with E-state index < -0.39 is 13.5 Å². The fraction of sp³-hybridized carbons (Fsp3) is 0.0189. The molecule has 7 aromatic carbocycles. The average Bonchev–Trinajstić information content (AvgIpc) is 3.64. The van der Waals surface area contributed by atoms with Crippen molar-refractivity contribution in [2.24, 2.45) is 0 Å². The number of rotatable bonds is 4. The summed E-state index contributed by atoms with van der Waals surface area (Å²) in [6.07, 6.45) is 5.63. The second kappa shape index (κ2) is 12.6. The molecule has 0 bridgehead atoms. The lowest BCUT2D eigenvalue weighted by molar-refractivity contribution is 0.736. The van der Waals surface area contributed by atoms with Gasteiger partial charge in [0.25, 0.3) is 0 Å². The van der Waals surface area contributed by atoms with Crippen molar-refractivity contribution in [3.63, 3.8) is 0 Å². The second-order valence-corrected chi connectivity index (χ2v) is 19.0. The standard InChI is InChI=1S/C53H36N4Si/c1-3-18-39(19-4-1)58(40-20-5-2-6-21-40)50-29-13-9-24-44(50)53(45-25-10-14-30-51(45)58)42-22-7-11-26-47(42)56(48-27-12-8-23-43(48)53)37-31-32-46-41(35-37)52-49(28-16-34-55-52)57(46)38-17-15-33-54-36-38/h1-36H. The fourth-order valence-corrected chi connectivity index (χ4v) is 15.9. The lowest BCUT2D eigenvalue weighted by atomic mass is 9.62. The predicted molar refractivity (Wildman–Crippen MR) is 240 cm³/mol. The Balaban J connectivity index is 1.17. The Morgan fingerprint density at radius 1 is 0.431 bits per heavy atom. The third kappa shape index (κ3) is 4.28. The van der Waals surface area contributed by atoms with E-state index in [-0.39, 0.29) is 0 Å². The van der Waals surface area contributed by atoms with Gasteiger partial charge in [0.1, 0.15) is 0 Å². The zero-order chi connectivity index (χ0) is 38.3. The first kappa shape index (κ1) is 32.9. The molecule has 4 nitrogen and oxygen atoms in total. The summed E-state index contributed by atoms with van der Waals surface area (Å²) >= 11 is 0. The van der Waals surface area contributed by atoms with Gasteiger partial charge in [-0.15, -0.1) is 0 Å². The van der Waals surface area contributed by atoms with E-state index in [0.717, 1.165) is 33.3 Å². The maximum atomic E-state index is 4.96. The second-order valence-electron chi connectivity index (χ2n) is 15.3. The van der Waals surface area contributed by atoms with Gasteiger partial charge in [-0.2, -0.15) is 0 Å². The molecule has 0 aliphatic carbocycles. The smallest absolute Gasteiger partial charge is 0.180 e. The SMILES string of the molecule is c1ccc([Si]2(c3ccccc3)c3ccccc3C3(c4ccccc4N(c4ccc5c(c4)c4ncccc4n5-c4cccnc4)c4ccccc43)c3ccccc32)cc1. The van der Waals surface area contributed by atoms with Gasteiger partial charge in [0, 0.05) is 23.5 Å². The average molecular weight is 757 g/mol. The molecule has 12 rings (SSSR count). The minimum absolute atomic E-state index is 0.584. The molecule has 0 amide bonds. The largest absolute Gasteiger partial charge is 0.310 e. The number of para-hydroxylation sites is 2. The zero-order valence-corrected chi connectivity index (χ0v) is 32.6. The van der Waals surface area contributed by atoms with E-state index in [1.807, 2.05) is 30.7 Å². The molecular formula is C53H36N4Si. The normalized spacial score (nSPS) is 14.4. The van der Waals surface area contributed by atoms with Gasteiger partial charge in [-0.3, -0.25) is 9.97 Å². The van der Waals surface area contributed by atoms with Crippen molar-refractivity contribution < 1.29 is 0 Å². The van der Waals surface area contributed by atoms with Crippen LogP contribution in [0.1, 0.15) is 22.3 Å². The molecule has 58 heavy (non-hydrogen) atoms. The maximum absolute atomic E-state index is 4.96. The summed E-state index contributed by atoms with van der Waals surface area (Å²) in [6, 6.07) is 74.7. The van der Waals surface area contributed by atoms with E-state index in [1.54, 1.807) is 0 Å². The molecule has 3 aromatic heterocycles. The first-order chi connectivity index (χ1) is 28.8. The highest BCUT2D eigenvalue weighted by Gasteiger charge is 2.57. The van der Waals surface area contributed by atoms with Crippen LogP contribution in [-0.2, 0) is 5.41 Å². The Bertz CT molecular complexity index is 3060. The number of nitrogens with zero attached hydrogens (tertiary/aromatic N) is 4. The summed E-state index contributed by atoms with van der Waals surface area (Å²) in [6.45, 7) is 0. The van der Waals surface area contributed by atoms with Crippen LogP contribution in [0.2, 0.25) is 0 Å². The maximum Gasteiger partial charge on any atom is 0.180 e. The molecule has 0 fully saturated rings. The van der Waals surface area contributed by atoms with Crippen LogP contribution in [0.4, 0.5) is 17.1 Å². The first-order valence-electron chi connectivity index (χ1n) is 19.9. The monoisotopic (exact) mass is 756 g/mol. The number of hydrogen-bond donors (Lipinski definition) is 0. The van der Waals surface area contributed by atoms with E-state index in [0.29, 0.717) is 0 Å². The van der Waals surface area contributed by atoms with Gasteiger partial charge in [0.2, 0.25) is 0 Å². The Labute approximate surface area is 338 Å². The fourth-order valence-electron chi connectivity index (χ4n) is 10.6. The minimum atomic E-state index is -2.82. The third-order valence-corrected chi connectivity index (χ3v) is 17.5. The van der Waals surface area contributed by atoms with Crippen LogP contribution >= 0.6 is 0 Å². The topological polar surface area (TPSA) is 34.0 Å². The van der Waals surface area contributed by atoms with Crippen molar-refractivity contribution in [2.45, 2.75) is 5.41 Å². The number of fused-ring (bicyclic) bond motifs is 11. The molecule has 272 valence electrons. The van der Waals surface area contributed by atoms with E-state index in [1.165, 1.54) is 54.4 Å². The summed E-state index contributed by atoms with van der Waals surface area (Å²) in [5.74, 6) is 0. The summed E-state index contributed by atoms with van der Waals surface area (Å²) in [7, 11) is -2.82. The minimum Gasteiger partial charge on any atom is -0.310 e. The van der Waals surface area contributed by atoms with Gasteiger partial charge < -0.3 is 9.47 Å². The van der Waals surface area contributed by atoms with Gasteiger partial charge >= 0.3 is 0 Å². The number of pyridine rings is 2. The van der Waals surface area contributed by atoms with Crippen LogP contribution in [0.3, 0.4) is 0 Å². The van der Waals surface area contributed by atoms with E-state index in [9.17, 15) is 0 Å². The molecule has 1 spiro atoms. The Kier molecular flexibility index (Phi) is 7.13. The lowest BCUT2D eigenvalue weighted by Crippen LogP contribution is -2.79. The summed E-state index contributed by atoms with van der Waals surface area (Å²) in [5.41, 5.74) is 12.2. The molecule has 2 aliphatic heterocycles. The number of anilines is 3.